The van der Waals surface area contributed by atoms with E-state index in [1.165, 1.54) is 6.33 Å². The van der Waals surface area contributed by atoms with Crippen LogP contribution in [-0.4, -0.2) is 32.5 Å². The van der Waals surface area contributed by atoms with E-state index in [1.54, 1.807) is 22.8 Å². The van der Waals surface area contributed by atoms with Crippen molar-refractivity contribution in [2.45, 2.75) is 36.5 Å². The molecule has 1 amide bonds. The Bertz CT molecular complexity index is 676. The van der Waals surface area contributed by atoms with E-state index < -0.39 is 6.04 Å². The smallest absolute Gasteiger partial charge is 0.251 e. The van der Waals surface area contributed by atoms with E-state index in [0.717, 1.165) is 17.0 Å². The molecular formula is C15H17ClN4OS. The van der Waals surface area contributed by atoms with Crippen LogP contribution in [0, 0.1) is 0 Å². The molecular weight excluding hydrogens is 320 g/mol. The lowest BCUT2D eigenvalue weighted by atomic mass is 10.2. The lowest BCUT2D eigenvalue weighted by Crippen LogP contribution is -2.37. The van der Waals surface area contributed by atoms with Gasteiger partial charge in [-0.2, -0.15) is 5.10 Å². The van der Waals surface area contributed by atoms with Crippen LogP contribution in [0.5, 0.6) is 0 Å². The minimum atomic E-state index is -0.396. The molecule has 22 heavy (non-hydrogen) atoms. The third-order valence-corrected chi connectivity index (χ3v) is 5.23. The Morgan fingerprint density at radius 1 is 1.50 bits per heavy atom. The molecule has 0 saturated heterocycles. The van der Waals surface area contributed by atoms with Gasteiger partial charge in [0.15, 0.2) is 0 Å². The monoisotopic (exact) mass is 336 g/mol. The highest BCUT2D eigenvalue weighted by Gasteiger charge is 2.28. The average molecular weight is 337 g/mol. The number of carbonyl (C=O) groups is 1. The molecule has 2 heterocycles. The number of benzene rings is 1. The van der Waals surface area contributed by atoms with Crippen molar-refractivity contribution in [3.63, 3.8) is 0 Å². The van der Waals surface area contributed by atoms with Crippen LogP contribution in [0.4, 0.5) is 5.69 Å². The molecule has 0 aliphatic carbocycles. The van der Waals surface area contributed by atoms with Gasteiger partial charge in [-0.25, -0.2) is 9.67 Å². The summed E-state index contributed by atoms with van der Waals surface area (Å²) in [4.78, 5) is 19.7. The minimum Gasteiger partial charge on any atom is -0.309 e. The third kappa shape index (κ3) is 2.98. The number of amides is 1. The number of carbonyl (C=O) groups excluding carboxylic acids is 1. The first-order valence-electron chi connectivity index (χ1n) is 7.18. The van der Waals surface area contributed by atoms with Crippen molar-refractivity contribution in [2.24, 2.45) is 0 Å². The van der Waals surface area contributed by atoms with E-state index in [9.17, 15) is 4.79 Å². The van der Waals surface area contributed by atoms with Crippen LogP contribution in [0.3, 0.4) is 0 Å². The zero-order valence-corrected chi connectivity index (χ0v) is 14.0. The summed E-state index contributed by atoms with van der Waals surface area (Å²) < 4.78 is 1.58. The second kappa shape index (κ2) is 6.30. The van der Waals surface area contributed by atoms with Gasteiger partial charge < -0.3 is 4.90 Å². The number of aromatic nitrogens is 3. The zero-order chi connectivity index (χ0) is 15.7. The van der Waals surface area contributed by atoms with Crippen molar-refractivity contribution in [1.29, 1.82) is 0 Å². The predicted octanol–water partition coefficient (Wildman–Crippen LogP) is 3.41. The van der Waals surface area contributed by atoms with Crippen molar-refractivity contribution in [1.82, 2.24) is 14.8 Å². The average Bonchev–Trinajstić information content (AvgIpc) is 2.98. The molecule has 0 bridgehead atoms. The number of hydrogen-bond acceptors (Lipinski definition) is 4. The number of nitrogens with zero attached hydrogens (tertiary/aromatic N) is 4. The Hall–Kier alpha value is -1.53. The Morgan fingerprint density at radius 2 is 2.32 bits per heavy atom. The van der Waals surface area contributed by atoms with E-state index in [1.807, 2.05) is 30.0 Å². The summed E-state index contributed by atoms with van der Waals surface area (Å²) in [6, 6.07) is 5.33. The number of anilines is 1. The van der Waals surface area contributed by atoms with Crippen LogP contribution in [-0.2, 0) is 4.79 Å². The van der Waals surface area contributed by atoms with E-state index in [4.69, 9.17) is 11.6 Å². The Morgan fingerprint density at radius 3 is 3.05 bits per heavy atom. The number of halogens is 1. The Kier molecular flexibility index (Phi) is 4.40. The fourth-order valence-electron chi connectivity index (χ4n) is 2.49. The quantitative estimate of drug-likeness (QED) is 0.843. The van der Waals surface area contributed by atoms with Crippen molar-refractivity contribution in [3.05, 3.63) is 35.9 Å². The van der Waals surface area contributed by atoms with Gasteiger partial charge in [-0.05, 0) is 31.5 Å². The molecule has 1 aliphatic heterocycles. The van der Waals surface area contributed by atoms with Gasteiger partial charge in [0.25, 0.3) is 5.91 Å². The van der Waals surface area contributed by atoms with Crippen molar-refractivity contribution >= 4 is 35.0 Å². The van der Waals surface area contributed by atoms with Crippen LogP contribution in [0.1, 0.15) is 26.3 Å². The first-order valence-corrected chi connectivity index (χ1v) is 8.43. The highest BCUT2D eigenvalue weighted by atomic mass is 35.5. The fourth-order valence-corrected chi connectivity index (χ4v) is 3.75. The molecule has 0 spiro atoms. The number of rotatable bonds is 2. The molecule has 1 aliphatic rings. The molecule has 1 aromatic carbocycles. The summed E-state index contributed by atoms with van der Waals surface area (Å²) in [5.41, 5.74) is 0.888. The third-order valence-electron chi connectivity index (χ3n) is 3.76. The van der Waals surface area contributed by atoms with E-state index in [0.29, 0.717) is 16.8 Å². The van der Waals surface area contributed by atoms with E-state index in [2.05, 4.69) is 17.0 Å². The summed E-state index contributed by atoms with van der Waals surface area (Å²) in [7, 11) is 0. The van der Waals surface area contributed by atoms with Gasteiger partial charge in [0, 0.05) is 21.7 Å². The lowest BCUT2D eigenvalue weighted by Gasteiger charge is -2.25. The van der Waals surface area contributed by atoms with Gasteiger partial charge in [-0.3, -0.25) is 4.79 Å². The molecule has 3 rings (SSSR count). The largest absolute Gasteiger partial charge is 0.309 e. The molecule has 116 valence electrons. The van der Waals surface area contributed by atoms with Crippen LogP contribution in [0.25, 0.3) is 0 Å². The molecule has 2 atom stereocenters. The van der Waals surface area contributed by atoms with Gasteiger partial charge in [0.2, 0.25) is 0 Å². The van der Waals surface area contributed by atoms with Crippen molar-refractivity contribution in [2.75, 3.05) is 11.4 Å². The summed E-state index contributed by atoms with van der Waals surface area (Å²) in [5, 5.41) is 5.17. The zero-order valence-electron chi connectivity index (χ0n) is 12.4. The van der Waals surface area contributed by atoms with Crippen LogP contribution in [0.15, 0.2) is 35.7 Å². The normalized spacial score (nSPS) is 19.4. The van der Waals surface area contributed by atoms with Crippen LogP contribution >= 0.6 is 23.4 Å². The fraction of sp³-hybridized carbons (Fsp3) is 0.400. The number of thioether (sulfide) groups is 1. The molecule has 0 radical (unpaired) electrons. The minimum absolute atomic E-state index is 0.00344. The Balaban J connectivity index is 1.96. The topological polar surface area (TPSA) is 51.0 Å². The maximum absolute atomic E-state index is 12.9. The maximum atomic E-state index is 12.9. The standard InChI is InChI=1S/C15H17ClN4OS/c1-10-5-6-19(13-7-12(16)3-4-14(13)22-10)15(21)11(2)20-9-17-8-18-20/h3-4,7-11H,5-6H2,1-2H3/t10-,11+/m1/s1. The number of hydrogen-bond donors (Lipinski definition) is 0. The van der Waals surface area contributed by atoms with Crippen LogP contribution in [0.2, 0.25) is 5.02 Å². The summed E-state index contributed by atoms with van der Waals surface area (Å²) in [6.45, 7) is 4.69. The Labute approximate surface area is 138 Å². The summed E-state index contributed by atoms with van der Waals surface area (Å²) in [5.74, 6) is 0.00344. The van der Waals surface area contributed by atoms with Gasteiger partial charge in [-0.1, -0.05) is 18.5 Å². The first kappa shape index (κ1) is 15.4. The van der Waals surface area contributed by atoms with E-state index >= 15 is 0 Å². The van der Waals surface area contributed by atoms with Gasteiger partial charge in [-0.15, -0.1) is 11.8 Å². The highest BCUT2D eigenvalue weighted by Crippen LogP contribution is 2.39. The first-order chi connectivity index (χ1) is 10.6. The number of fused-ring (bicyclic) bond motifs is 1. The summed E-state index contributed by atoms with van der Waals surface area (Å²) in [6.07, 6.45) is 3.94. The second-order valence-corrected chi connectivity index (χ2v) is 7.29. The van der Waals surface area contributed by atoms with Gasteiger partial charge >= 0.3 is 0 Å². The molecule has 0 saturated carbocycles. The molecule has 0 fully saturated rings. The molecule has 2 aromatic rings. The van der Waals surface area contributed by atoms with Crippen LogP contribution < -0.4 is 4.90 Å². The lowest BCUT2D eigenvalue weighted by molar-refractivity contribution is -0.121. The summed E-state index contributed by atoms with van der Waals surface area (Å²) >= 11 is 7.93. The highest BCUT2D eigenvalue weighted by molar-refractivity contribution is 8.00. The van der Waals surface area contributed by atoms with Gasteiger partial charge in [0.05, 0.1) is 5.69 Å². The second-order valence-electron chi connectivity index (χ2n) is 5.37. The molecule has 5 nitrogen and oxygen atoms in total. The SMILES string of the molecule is C[C@@H]1CCN(C(=O)[C@H](C)n2cncn2)c2cc(Cl)ccc2S1. The maximum Gasteiger partial charge on any atom is 0.251 e. The molecule has 7 heteroatoms. The molecule has 0 N–H and O–H groups in total. The molecule has 1 aromatic heterocycles. The predicted molar refractivity (Wildman–Crippen MR) is 88.5 cm³/mol. The van der Waals surface area contributed by atoms with Crippen molar-refractivity contribution < 1.29 is 4.79 Å². The van der Waals surface area contributed by atoms with Gasteiger partial charge in [0.1, 0.15) is 18.7 Å². The molecule has 0 unspecified atom stereocenters. The van der Waals surface area contributed by atoms with Crippen molar-refractivity contribution in [3.8, 4) is 0 Å². The van der Waals surface area contributed by atoms with E-state index in [-0.39, 0.29) is 5.91 Å².